The minimum atomic E-state index is -0.654. The summed E-state index contributed by atoms with van der Waals surface area (Å²) in [6.07, 6.45) is 1.52. The molecule has 1 aliphatic rings. The number of nitrogens with one attached hydrogen (secondary N) is 3. The van der Waals surface area contributed by atoms with Crippen molar-refractivity contribution in [2.75, 3.05) is 23.8 Å². The molecule has 0 radical (unpaired) electrons. The minimum Gasteiger partial charge on any atom is -0.462 e. The van der Waals surface area contributed by atoms with E-state index in [2.05, 4.69) is 16.0 Å². The Morgan fingerprint density at radius 2 is 1.70 bits per heavy atom. The second-order valence-electron chi connectivity index (χ2n) is 13.2. The summed E-state index contributed by atoms with van der Waals surface area (Å²) in [7, 11) is 0. The number of halogens is 1. The van der Waals surface area contributed by atoms with E-state index in [1.807, 2.05) is 6.07 Å². The maximum atomic E-state index is 13.6. The van der Waals surface area contributed by atoms with Crippen molar-refractivity contribution in [3.63, 3.8) is 0 Å². The molecule has 3 aromatic carbocycles. The van der Waals surface area contributed by atoms with Crippen LogP contribution in [0.25, 0.3) is 6.08 Å². The number of ether oxygens (including phenoxy) is 2. The van der Waals surface area contributed by atoms with E-state index in [1.54, 1.807) is 118 Å². The molecule has 282 valence electrons. The summed E-state index contributed by atoms with van der Waals surface area (Å²) in [5, 5.41) is 8.77. The predicted molar refractivity (Wildman–Crippen MR) is 213 cm³/mol. The quantitative estimate of drug-likeness (QED) is 0.0782. The molecule has 14 heteroatoms. The Morgan fingerprint density at radius 1 is 0.981 bits per heavy atom. The van der Waals surface area contributed by atoms with Crippen LogP contribution in [0.15, 0.2) is 89.5 Å². The zero-order chi connectivity index (χ0) is 39.0. The van der Waals surface area contributed by atoms with E-state index in [9.17, 15) is 24.0 Å². The smallest absolute Gasteiger partial charge is 0.410 e. The Kier molecular flexibility index (Phi) is 13.2. The van der Waals surface area contributed by atoms with Gasteiger partial charge in [-0.05, 0) is 101 Å². The molecule has 4 amide bonds. The fourth-order valence-corrected chi connectivity index (χ4v) is 7.68. The van der Waals surface area contributed by atoms with E-state index < -0.39 is 34.7 Å². The van der Waals surface area contributed by atoms with Gasteiger partial charge in [0.2, 0.25) is 5.91 Å². The van der Waals surface area contributed by atoms with E-state index in [4.69, 9.17) is 21.1 Å². The fraction of sp³-hybridized carbons (Fsp3) is 0.275. The largest absolute Gasteiger partial charge is 0.462 e. The van der Waals surface area contributed by atoms with Gasteiger partial charge in [-0.2, -0.15) is 0 Å². The monoisotopic (exact) mass is 788 g/mol. The van der Waals surface area contributed by atoms with Gasteiger partial charge in [0.1, 0.15) is 16.3 Å². The summed E-state index contributed by atoms with van der Waals surface area (Å²) in [5.74, 6) is -1.89. The number of nitrogens with zero attached hydrogens (tertiary/aromatic N) is 1. The lowest BCUT2D eigenvalue weighted by Crippen LogP contribution is -2.39. The Hall–Kier alpha value is -5.11. The number of rotatable bonds is 11. The first-order chi connectivity index (χ1) is 25.7. The highest BCUT2D eigenvalue weighted by molar-refractivity contribution is 8.00. The van der Waals surface area contributed by atoms with E-state index in [0.29, 0.717) is 50.3 Å². The summed E-state index contributed by atoms with van der Waals surface area (Å²) in [6, 6.07) is 22.4. The lowest BCUT2D eigenvalue weighted by Gasteiger charge is -2.30. The number of carbonyl (C=O) groups is 5. The van der Waals surface area contributed by atoms with E-state index >= 15 is 0 Å². The van der Waals surface area contributed by atoms with Gasteiger partial charge >= 0.3 is 12.1 Å². The van der Waals surface area contributed by atoms with E-state index in [0.717, 1.165) is 10.4 Å². The van der Waals surface area contributed by atoms with Crippen LogP contribution < -0.4 is 16.0 Å². The van der Waals surface area contributed by atoms with Gasteiger partial charge in [-0.15, -0.1) is 23.1 Å². The highest BCUT2D eigenvalue weighted by Gasteiger charge is 2.33. The van der Waals surface area contributed by atoms with Gasteiger partial charge in [0, 0.05) is 32.6 Å². The van der Waals surface area contributed by atoms with Crippen molar-refractivity contribution in [1.29, 1.82) is 0 Å². The van der Waals surface area contributed by atoms with Crippen molar-refractivity contribution in [2.24, 2.45) is 0 Å². The predicted octanol–water partition coefficient (Wildman–Crippen LogP) is 8.40. The van der Waals surface area contributed by atoms with Gasteiger partial charge < -0.3 is 30.3 Å². The van der Waals surface area contributed by atoms with Gasteiger partial charge in [0.25, 0.3) is 11.8 Å². The van der Waals surface area contributed by atoms with Gasteiger partial charge in [-0.25, -0.2) is 9.59 Å². The van der Waals surface area contributed by atoms with Crippen molar-refractivity contribution < 1.29 is 33.4 Å². The van der Waals surface area contributed by atoms with Crippen LogP contribution in [0.3, 0.4) is 0 Å². The van der Waals surface area contributed by atoms with Gasteiger partial charge in [0.05, 0.1) is 24.0 Å². The molecule has 0 fully saturated rings. The Morgan fingerprint density at radius 3 is 2.39 bits per heavy atom. The third-order valence-electron chi connectivity index (χ3n) is 7.91. The molecule has 1 unspecified atom stereocenters. The summed E-state index contributed by atoms with van der Waals surface area (Å²) in [5.41, 5.74) is 1.90. The van der Waals surface area contributed by atoms with Crippen LogP contribution >= 0.6 is 34.7 Å². The lowest BCUT2D eigenvalue weighted by molar-refractivity contribution is -0.115. The van der Waals surface area contributed by atoms with Crippen LogP contribution in [0.2, 0.25) is 5.02 Å². The van der Waals surface area contributed by atoms with Crippen LogP contribution in [0, 0.1) is 0 Å². The summed E-state index contributed by atoms with van der Waals surface area (Å²) in [6.45, 7) is 9.62. The van der Waals surface area contributed by atoms with Gasteiger partial charge in [-0.1, -0.05) is 48.0 Å². The van der Waals surface area contributed by atoms with Crippen molar-refractivity contribution >= 4 is 81.2 Å². The number of carbonyl (C=O) groups excluding carboxylic acids is 5. The maximum absolute atomic E-state index is 13.6. The van der Waals surface area contributed by atoms with Gasteiger partial charge in [0.15, 0.2) is 0 Å². The molecule has 0 aliphatic carbocycles. The number of benzene rings is 3. The Labute approximate surface area is 327 Å². The molecule has 0 spiro atoms. The minimum absolute atomic E-state index is 0.0160. The van der Waals surface area contributed by atoms with Crippen LogP contribution in [0.4, 0.5) is 15.5 Å². The van der Waals surface area contributed by atoms with Crippen LogP contribution in [0.1, 0.15) is 71.3 Å². The van der Waals surface area contributed by atoms with Gasteiger partial charge in [-0.3, -0.25) is 14.4 Å². The van der Waals surface area contributed by atoms with Crippen LogP contribution in [-0.4, -0.2) is 58.7 Å². The summed E-state index contributed by atoms with van der Waals surface area (Å²) < 4.78 is 10.9. The number of thioether (sulfide) groups is 1. The number of amides is 4. The molecule has 1 aromatic heterocycles. The second kappa shape index (κ2) is 17.8. The lowest BCUT2D eigenvalue weighted by atomic mass is 10.0. The molecule has 1 aliphatic heterocycles. The van der Waals surface area contributed by atoms with Crippen molar-refractivity contribution in [2.45, 2.75) is 63.3 Å². The molecular formula is C40H41ClN4O7S2. The molecular weight excluding hydrogens is 748 g/mol. The van der Waals surface area contributed by atoms with E-state index in [1.165, 1.54) is 23.1 Å². The molecule has 0 saturated heterocycles. The molecule has 54 heavy (non-hydrogen) atoms. The average molecular weight is 789 g/mol. The molecule has 4 aromatic rings. The molecule has 2 heterocycles. The molecule has 1 atom stereocenters. The fourth-order valence-electron chi connectivity index (χ4n) is 5.38. The number of hydrogen-bond acceptors (Lipinski definition) is 9. The first kappa shape index (κ1) is 40.1. The highest BCUT2D eigenvalue weighted by Crippen LogP contribution is 2.39. The molecule has 5 rings (SSSR count). The number of anilines is 2. The van der Waals surface area contributed by atoms with Crippen LogP contribution in [-0.2, 0) is 32.0 Å². The normalized spacial score (nSPS) is 13.3. The molecule has 11 nitrogen and oxygen atoms in total. The standard InChI is InChI=1S/C40H41ClN4O7S2/c1-6-51-38(49)33-30-19-20-45(39(50)52-40(3,4)5)23-32(30)54-37(33)44-34(46)24(2)53-29-14-10-13-28(22-29)42-36(48)31(21-25-15-17-27(41)18-16-25)43-35(47)26-11-8-7-9-12-26/h7-18,21-22,24H,6,19-20,23H2,1-5H3,(H,42,48)(H,43,47)(H,44,46)/b31-21+. The molecule has 0 saturated carbocycles. The zero-order valence-electron chi connectivity index (χ0n) is 30.5. The average Bonchev–Trinajstić information content (AvgIpc) is 3.49. The summed E-state index contributed by atoms with van der Waals surface area (Å²) >= 11 is 8.55. The molecule has 3 N–H and O–H groups in total. The zero-order valence-corrected chi connectivity index (χ0v) is 32.9. The number of hydrogen-bond donors (Lipinski definition) is 3. The topological polar surface area (TPSA) is 143 Å². The second-order valence-corrected chi connectivity index (χ2v) is 16.2. The Balaban J connectivity index is 1.29. The number of esters is 1. The Bertz CT molecular complexity index is 2060. The third kappa shape index (κ3) is 10.7. The van der Waals surface area contributed by atoms with E-state index in [-0.39, 0.29) is 24.8 Å². The SMILES string of the molecule is CCOC(=O)c1c(NC(=O)C(C)Sc2cccc(NC(=O)/C(=C\c3ccc(Cl)cc3)NC(=O)c3ccccc3)c2)sc2c1CCN(C(=O)OC(C)(C)C)C2. The van der Waals surface area contributed by atoms with Crippen molar-refractivity contribution in [3.05, 3.63) is 117 Å². The summed E-state index contributed by atoms with van der Waals surface area (Å²) in [4.78, 5) is 69.1. The highest BCUT2D eigenvalue weighted by atomic mass is 35.5. The first-order valence-electron chi connectivity index (χ1n) is 17.2. The first-order valence-corrected chi connectivity index (χ1v) is 19.3. The van der Waals surface area contributed by atoms with Crippen molar-refractivity contribution in [3.8, 4) is 0 Å². The number of fused-ring (bicyclic) bond motifs is 1. The maximum Gasteiger partial charge on any atom is 0.410 e. The third-order valence-corrected chi connectivity index (χ3v) is 10.4. The van der Waals surface area contributed by atoms with Crippen molar-refractivity contribution in [1.82, 2.24) is 10.2 Å². The number of thiophene rings is 1. The van der Waals surface area contributed by atoms with Crippen LogP contribution in [0.5, 0.6) is 0 Å². The molecule has 0 bridgehead atoms.